The van der Waals surface area contributed by atoms with E-state index in [1.807, 2.05) is 24.3 Å². The molecule has 0 atom stereocenters. The summed E-state index contributed by atoms with van der Waals surface area (Å²) < 4.78 is 11.3. The van der Waals surface area contributed by atoms with E-state index in [4.69, 9.17) is 38.4 Å². The van der Waals surface area contributed by atoms with E-state index in [0.29, 0.717) is 64.2 Å². The van der Waals surface area contributed by atoms with Crippen molar-refractivity contribution in [3.63, 3.8) is 0 Å². The third-order valence-corrected chi connectivity index (χ3v) is 6.30. The topological polar surface area (TPSA) is 90.7 Å². The van der Waals surface area contributed by atoms with Gasteiger partial charge in [-0.05, 0) is 72.5 Å². The second-order valence-electron chi connectivity index (χ2n) is 8.50. The summed E-state index contributed by atoms with van der Waals surface area (Å²) in [7, 11) is 1.54. The van der Waals surface area contributed by atoms with Crippen molar-refractivity contribution in [2.45, 2.75) is 19.3 Å². The fraction of sp³-hybridized carbons (Fsp3) is 0.161. The number of benzene rings is 2. The summed E-state index contributed by atoms with van der Waals surface area (Å²) in [6.45, 7) is 4.06. The van der Waals surface area contributed by atoms with Crippen LogP contribution in [0.25, 0.3) is 0 Å². The Hall–Kier alpha value is -4.00. The highest BCUT2D eigenvalue weighted by molar-refractivity contribution is 6.35. The van der Waals surface area contributed by atoms with E-state index in [0.717, 1.165) is 11.1 Å². The number of methoxy groups -OCH3 is 1. The number of primary amides is 1. The smallest absolute Gasteiger partial charge is 0.255 e. The van der Waals surface area contributed by atoms with Crippen molar-refractivity contribution in [1.82, 2.24) is 5.32 Å². The van der Waals surface area contributed by atoms with Gasteiger partial charge in [0.2, 0.25) is 5.91 Å². The number of hydrogen-bond donors (Lipinski definition) is 2. The Labute approximate surface area is 238 Å². The molecule has 202 valence electrons. The molecule has 0 unspecified atom stereocenters. The maximum atomic E-state index is 13.1. The van der Waals surface area contributed by atoms with Gasteiger partial charge in [0.15, 0.2) is 11.5 Å². The molecule has 39 heavy (non-hydrogen) atoms. The van der Waals surface area contributed by atoms with Crippen LogP contribution in [0.1, 0.15) is 28.8 Å². The van der Waals surface area contributed by atoms with E-state index in [9.17, 15) is 9.59 Å². The fourth-order valence-corrected chi connectivity index (χ4v) is 4.24. The summed E-state index contributed by atoms with van der Waals surface area (Å²) in [6, 6.07) is 10.3. The molecule has 0 aromatic heterocycles. The van der Waals surface area contributed by atoms with Gasteiger partial charge in [0, 0.05) is 33.3 Å². The van der Waals surface area contributed by atoms with Crippen LogP contribution in [0.4, 0.5) is 0 Å². The van der Waals surface area contributed by atoms with Crippen LogP contribution in [0.3, 0.4) is 0 Å². The predicted octanol–water partition coefficient (Wildman–Crippen LogP) is 6.67. The number of hydrogen-bond acceptors (Lipinski definition) is 4. The summed E-state index contributed by atoms with van der Waals surface area (Å²) in [5, 5.41) is 4.02. The second kappa shape index (κ2) is 14.8. The monoisotopic (exact) mass is 564 g/mol. The molecule has 0 spiro atoms. The number of allylic oxidation sites excluding steroid dienone is 8. The Balaban J connectivity index is 1.66. The number of rotatable bonds is 12. The van der Waals surface area contributed by atoms with Gasteiger partial charge in [0.1, 0.15) is 0 Å². The van der Waals surface area contributed by atoms with Crippen LogP contribution < -0.4 is 20.5 Å². The maximum absolute atomic E-state index is 13.1. The summed E-state index contributed by atoms with van der Waals surface area (Å²) in [6.07, 6.45) is 16.2. The number of amides is 2. The molecule has 0 heterocycles. The zero-order valence-corrected chi connectivity index (χ0v) is 23.1. The van der Waals surface area contributed by atoms with Gasteiger partial charge in [-0.15, -0.1) is 0 Å². The van der Waals surface area contributed by atoms with Crippen molar-refractivity contribution in [2.24, 2.45) is 5.73 Å². The van der Waals surface area contributed by atoms with Crippen LogP contribution in [0.2, 0.25) is 10.0 Å². The van der Waals surface area contributed by atoms with Crippen molar-refractivity contribution in [3.05, 3.63) is 130 Å². The van der Waals surface area contributed by atoms with Crippen LogP contribution in [-0.2, 0) is 11.2 Å². The van der Waals surface area contributed by atoms with Crippen LogP contribution in [0.15, 0.2) is 108 Å². The van der Waals surface area contributed by atoms with E-state index in [1.165, 1.54) is 7.11 Å². The van der Waals surface area contributed by atoms with E-state index in [2.05, 4.69) is 11.9 Å². The van der Waals surface area contributed by atoms with E-state index in [1.54, 1.807) is 60.7 Å². The Morgan fingerprint density at radius 2 is 1.97 bits per heavy atom. The van der Waals surface area contributed by atoms with Gasteiger partial charge >= 0.3 is 0 Å². The number of nitrogens with two attached hydrogens (primary N) is 1. The number of carbonyl (C=O) groups is 2. The lowest BCUT2D eigenvalue weighted by molar-refractivity contribution is -0.114. The first kappa shape index (κ1) is 29.6. The average Bonchev–Trinajstić information content (AvgIpc) is 3.16. The number of nitrogens with one attached hydrogen (secondary N) is 1. The highest BCUT2D eigenvalue weighted by atomic mass is 35.5. The number of carbonyl (C=O) groups excluding carboxylic acids is 2. The lowest BCUT2D eigenvalue weighted by atomic mass is 10.1. The Morgan fingerprint density at radius 3 is 2.69 bits per heavy atom. The normalized spacial score (nSPS) is 13.4. The van der Waals surface area contributed by atoms with Gasteiger partial charge in [-0.3, -0.25) is 9.59 Å². The molecular formula is C31H30Cl2N2O4. The van der Waals surface area contributed by atoms with E-state index in [-0.39, 0.29) is 5.91 Å². The van der Waals surface area contributed by atoms with Gasteiger partial charge in [0.05, 0.1) is 13.7 Å². The fourth-order valence-electron chi connectivity index (χ4n) is 3.73. The molecule has 1 aliphatic rings. The first-order valence-electron chi connectivity index (χ1n) is 12.2. The molecular weight excluding hydrogens is 535 g/mol. The van der Waals surface area contributed by atoms with Gasteiger partial charge in [-0.2, -0.15) is 0 Å². The van der Waals surface area contributed by atoms with Gasteiger partial charge in [-0.25, -0.2) is 0 Å². The second-order valence-corrected chi connectivity index (χ2v) is 9.34. The summed E-state index contributed by atoms with van der Waals surface area (Å²) in [5.41, 5.74) is 8.67. The molecule has 1 aliphatic carbocycles. The number of halogens is 2. The van der Waals surface area contributed by atoms with Gasteiger partial charge < -0.3 is 20.5 Å². The van der Waals surface area contributed by atoms with Gasteiger partial charge in [0.25, 0.3) is 5.91 Å². The molecule has 0 bridgehead atoms. The molecule has 0 saturated heterocycles. The molecule has 0 saturated carbocycles. The SMILES string of the molecule is C=C/C=C(\C=C/CC1=CCC=CC(C(N)=O)=C1)NC(=O)c1ccc(OC)c(OCCc2ccc(Cl)cc2Cl)c1. The molecule has 2 aromatic rings. The molecule has 2 amide bonds. The Kier molecular flexibility index (Phi) is 11.2. The lowest BCUT2D eigenvalue weighted by Gasteiger charge is -2.13. The van der Waals surface area contributed by atoms with Crippen LogP contribution in [0.5, 0.6) is 11.5 Å². The molecule has 2 aromatic carbocycles. The Bertz CT molecular complexity index is 1390. The molecule has 3 N–H and O–H groups in total. The summed E-state index contributed by atoms with van der Waals surface area (Å²) in [5.74, 6) is 0.144. The van der Waals surface area contributed by atoms with Crippen molar-refractivity contribution >= 4 is 35.0 Å². The highest BCUT2D eigenvalue weighted by Crippen LogP contribution is 2.29. The van der Waals surface area contributed by atoms with Crippen LogP contribution >= 0.6 is 23.2 Å². The molecule has 8 heteroatoms. The van der Waals surface area contributed by atoms with E-state index >= 15 is 0 Å². The standard InChI is InChI=1S/C31H30Cl2N2O4/c1-3-7-26(11-6-9-21-8-4-5-10-23(18-21)30(34)36)35-31(37)24-13-15-28(38-2)29(19-24)39-17-16-22-12-14-25(32)20-27(22)33/h3,5-8,10-15,18-20H,1,4,9,16-17H2,2H3,(H2,34,36)(H,35,37)/b11-6-,26-7+. The number of ether oxygens (including phenoxy) is 2. The van der Waals surface area contributed by atoms with Crippen LogP contribution in [-0.4, -0.2) is 25.5 Å². The van der Waals surface area contributed by atoms with Gasteiger partial charge in [-0.1, -0.05) is 66.2 Å². The lowest BCUT2D eigenvalue weighted by Crippen LogP contribution is -2.22. The minimum absolute atomic E-state index is 0.324. The zero-order valence-electron chi connectivity index (χ0n) is 21.6. The molecule has 3 rings (SSSR count). The van der Waals surface area contributed by atoms with Crippen molar-refractivity contribution < 1.29 is 19.1 Å². The maximum Gasteiger partial charge on any atom is 0.255 e. The van der Waals surface area contributed by atoms with Crippen molar-refractivity contribution in [3.8, 4) is 11.5 Å². The molecule has 0 fully saturated rings. The highest BCUT2D eigenvalue weighted by Gasteiger charge is 2.13. The minimum Gasteiger partial charge on any atom is -0.493 e. The third-order valence-electron chi connectivity index (χ3n) is 5.72. The quantitative estimate of drug-likeness (QED) is 0.282. The minimum atomic E-state index is -0.473. The summed E-state index contributed by atoms with van der Waals surface area (Å²) in [4.78, 5) is 24.6. The Morgan fingerprint density at radius 1 is 1.15 bits per heavy atom. The van der Waals surface area contributed by atoms with Crippen LogP contribution in [0, 0.1) is 0 Å². The predicted molar refractivity (Wildman–Crippen MR) is 157 cm³/mol. The largest absolute Gasteiger partial charge is 0.493 e. The summed E-state index contributed by atoms with van der Waals surface area (Å²) >= 11 is 12.2. The van der Waals surface area contributed by atoms with Crippen molar-refractivity contribution in [2.75, 3.05) is 13.7 Å². The zero-order chi connectivity index (χ0) is 28.2. The van der Waals surface area contributed by atoms with E-state index < -0.39 is 5.91 Å². The molecule has 0 radical (unpaired) electrons. The first-order valence-corrected chi connectivity index (χ1v) is 13.0. The average molecular weight is 565 g/mol. The van der Waals surface area contributed by atoms with Crippen molar-refractivity contribution in [1.29, 1.82) is 0 Å². The third kappa shape index (κ3) is 9.06. The molecule has 6 nitrogen and oxygen atoms in total. The molecule has 0 aliphatic heterocycles. The first-order chi connectivity index (χ1) is 18.8.